The average molecular weight is 439 g/mol. The van der Waals surface area contributed by atoms with E-state index in [1.54, 1.807) is 34.9 Å². The van der Waals surface area contributed by atoms with E-state index in [0.29, 0.717) is 25.2 Å². The van der Waals surface area contributed by atoms with Crippen LogP contribution in [0.4, 0.5) is 18.0 Å². The number of ether oxygens (including phenoxy) is 1. The van der Waals surface area contributed by atoms with Crippen molar-refractivity contribution in [2.24, 2.45) is 0 Å². The fraction of sp³-hybridized carbons (Fsp3) is 0.409. The molecule has 30 heavy (non-hydrogen) atoms. The maximum atomic E-state index is 13.6. The second kappa shape index (κ2) is 9.75. The molecule has 1 N–H and O–H groups in total. The van der Waals surface area contributed by atoms with Crippen LogP contribution in [0.1, 0.15) is 36.1 Å². The van der Waals surface area contributed by atoms with Crippen LogP contribution in [0.5, 0.6) is 0 Å². The second-order valence-corrected chi connectivity index (χ2v) is 8.01. The number of likely N-dealkylation sites (tertiary alicyclic amines) is 1. The molecule has 0 aliphatic carbocycles. The number of carbonyl (C=O) groups is 1. The van der Waals surface area contributed by atoms with E-state index in [0.717, 1.165) is 17.4 Å². The first-order chi connectivity index (χ1) is 14.3. The second-order valence-electron chi connectivity index (χ2n) is 7.13. The minimum atomic E-state index is -4.48. The van der Waals surface area contributed by atoms with Gasteiger partial charge in [-0.3, -0.25) is 0 Å². The number of hydrogen-bond donors (Lipinski definition) is 1. The molecule has 1 fully saturated rings. The zero-order valence-corrected chi connectivity index (χ0v) is 17.7. The first-order valence-corrected chi connectivity index (χ1v) is 11.0. The maximum Gasteiger partial charge on any atom is 0.416 e. The van der Waals surface area contributed by atoms with Crippen LogP contribution in [0.15, 0.2) is 53.4 Å². The molecule has 1 aliphatic rings. The van der Waals surface area contributed by atoms with Gasteiger partial charge >= 0.3 is 12.2 Å². The van der Waals surface area contributed by atoms with Crippen molar-refractivity contribution < 1.29 is 22.7 Å². The molecule has 1 unspecified atom stereocenters. The molecule has 3 rings (SSSR count). The van der Waals surface area contributed by atoms with Crippen LogP contribution in [-0.2, 0) is 10.9 Å². The van der Waals surface area contributed by atoms with Gasteiger partial charge in [-0.1, -0.05) is 37.3 Å². The highest BCUT2D eigenvalue weighted by Gasteiger charge is 2.38. The minimum Gasteiger partial charge on any atom is -0.362 e. The fourth-order valence-corrected chi connectivity index (χ4v) is 3.73. The summed E-state index contributed by atoms with van der Waals surface area (Å²) in [5.41, 5.74) is 0.0231. The molecule has 4 nitrogen and oxygen atoms in total. The molecule has 0 spiro atoms. The Morgan fingerprint density at radius 1 is 1.20 bits per heavy atom. The Bertz CT molecular complexity index is 852. The van der Waals surface area contributed by atoms with Crippen molar-refractivity contribution in [2.45, 2.75) is 36.6 Å². The molecular weight excluding hydrogens is 413 g/mol. The van der Waals surface area contributed by atoms with Crippen LogP contribution in [0.3, 0.4) is 0 Å². The monoisotopic (exact) mass is 438 g/mol. The fourth-order valence-electron chi connectivity index (χ4n) is 3.32. The van der Waals surface area contributed by atoms with E-state index in [4.69, 9.17) is 4.74 Å². The molecule has 0 aromatic heterocycles. The van der Waals surface area contributed by atoms with Gasteiger partial charge in [0.1, 0.15) is 6.10 Å². The molecule has 1 aliphatic heterocycles. The van der Waals surface area contributed by atoms with Crippen molar-refractivity contribution in [1.29, 1.82) is 0 Å². The summed E-state index contributed by atoms with van der Waals surface area (Å²) < 4.78 is 47.1. The number of carbonyl (C=O) groups excluding carboxylic acids is 1. The highest BCUT2D eigenvalue weighted by atomic mass is 32.2. The Kier molecular flexibility index (Phi) is 7.31. The van der Waals surface area contributed by atoms with E-state index < -0.39 is 17.8 Å². The smallest absolute Gasteiger partial charge is 0.362 e. The van der Waals surface area contributed by atoms with E-state index >= 15 is 0 Å². The van der Waals surface area contributed by atoms with E-state index in [2.05, 4.69) is 5.32 Å². The number of alkyl halides is 3. The largest absolute Gasteiger partial charge is 0.416 e. The van der Waals surface area contributed by atoms with Gasteiger partial charge in [0.25, 0.3) is 0 Å². The van der Waals surface area contributed by atoms with Gasteiger partial charge in [0.15, 0.2) is 0 Å². The number of thioether (sulfide) groups is 1. The minimum absolute atomic E-state index is 0.0794. The standard InChI is InChI=1S/C22H25F3N2O2S/c1-3-12-26-21(28)27-13-16(14-27)29-20(15-8-10-17(30-2)11-9-15)18-6-4-5-7-19(18)22(23,24)25/h4-11,16,20H,3,12-14H2,1-2H3,(H,26,28). The van der Waals surface area contributed by atoms with E-state index in [9.17, 15) is 18.0 Å². The molecule has 162 valence electrons. The Morgan fingerprint density at radius 3 is 2.47 bits per heavy atom. The third-order valence-electron chi connectivity index (χ3n) is 4.96. The summed E-state index contributed by atoms with van der Waals surface area (Å²) in [7, 11) is 0. The SMILES string of the molecule is CCCNC(=O)N1CC(OC(c2ccc(SC)cc2)c2ccccc2C(F)(F)F)C1. The number of rotatable bonds is 7. The molecule has 0 saturated carbocycles. The van der Waals surface area contributed by atoms with Crippen LogP contribution in [0.25, 0.3) is 0 Å². The summed E-state index contributed by atoms with van der Waals surface area (Å²) in [5, 5.41) is 2.79. The van der Waals surface area contributed by atoms with Crippen molar-refractivity contribution >= 4 is 17.8 Å². The molecule has 1 atom stereocenters. The lowest BCUT2D eigenvalue weighted by Crippen LogP contribution is -2.58. The van der Waals surface area contributed by atoms with Crippen LogP contribution in [0, 0.1) is 0 Å². The number of amides is 2. The summed E-state index contributed by atoms with van der Waals surface area (Å²) in [5.74, 6) is 0. The van der Waals surface area contributed by atoms with Gasteiger partial charge in [0, 0.05) is 11.4 Å². The van der Waals surface area contributed by atoms with Gasteiger partial charge in [-0.2, -0.15) is 13.2 Å². The Hall–Kier alpha value is -2.19. The number of hydrogen-bond acceptors (Lipinski definition) is 3. The predicted molar refractivity (Wildman–Crippen MR) is 112 cm³/mol. The third-order valence-corrected chi connectivity index (χ3v) is 5.70. The summed E-state index contributed by atoms with van der Waals surface area (Å²) in [4.78, 5) is 14.6. The zero-order chi connectivity index (χ0) is 21.7. The van der Waals surface area contributed by atoms with Crippen molar-refractivity contribution in [2.75, 3.05) is 25.9 Å². The normalized spacial score (nSPS) is 15.6. The summed E-state index contributed by atoms with van der Waals surface area (Å²) in [6.07, 6.45) is -2.91. The molecule has 0 radical (unpaired) electrons. The Balaban J connectivity index is 1.83. The summed E-state index contributed by atoms with van der Waals surface area (Å²) >= 11 is 1.56. The highest BCUT2D eigenvalue weighted by Crippen LogP contribution is 2.39. The Labute approximate surface area is 178 Å². The van der Waals surface area contributed by atoms with Crippen molar-refractivity contribution in [1.82, 2.24) is 10.2 Å². The lowest BCUT2D eigenvalue weighted by atomic mass is 9.95. The van der Waals surface area contributed by atoms with Gasteiger partial charge in [0.05, 0.1) is 24.8 Å². The lowest BCUT2D eigenvalue weighted by molar-refractivity contribution is -0.140. The first kappa shape index (κ1) is 22.5. The zero-order valence-electron chi connectivity index (χ0n) is 16.9. The first-order valence-electron chi connectivity index (χ1n) is 9.81. The lowest BCUT2D eigenvalue weighted by Gasteiger charge is -2.41. The van der Waals surface area contributed by atoms with Gasteiger partial charge in [0.2, 0.25) is 0 Å². The predicted octanol–water partition coefficient (Wildman–Crippen LogP) is 5.34. The summed E-state index contributed by atoms with van der Waals surface area (Å²) in [6, 6.07) is 12.7. The number of nitrogens with zero attached hydrogens (tertiary/aromatic N) is 1. The number of benzene rings is 2. The van der Waals surface area contributed by atoms with Gasteiger partial charge in [-0.25, -0.2) is 4.79 Å². The van der Waals surface area contributed by atoms with E-state index in [1.807, 2.05) is 25.3 Å². The van der Waals surface area contributed by atoms with Crippen LogP contribution in [0.2, 0.25) is 0 Å². The highest BCUT2D eigenvalue weighted by molar-refractivity contribution is 7.98. The summed E-state index contributed by atoms with van der Waals surface area (Å²) in [6.45, 7) is 3.25. The van der Waals surface area contributed by atoms with E-state index in [1.165, 1.54) is 12.1 Å². The van der Waals surface area contributed by atoms with Crippen LogP contribution >= 0.6 is 11.8 Å². The molecule has 1 heterocycles. The molecular formula is C22H25F3N2O2S. The van der Waals surface area contributed by atoms with Crippen molar-refractivity contribution in [3.8, 4) is 0 Å². The van der Waals surface area contributed by atoms with Gasteiger partial charge < -0.3 is 15.0 Å². The topological polar surface area (TPSA) is 41.6 Å². The van der Waals surface area contributed by atoms with Crippen LogP contribution in [-0.4, -0.2) is 42.9 Å². The van der Waals surface area contributed by atoms with E-state index in [-0.39, 0.29) is 17.7 Å². The van der Waals surface area contributed by atoms with Crippen molar-refractivity contribution in [3.63, 3.8) is 0 Å². The molecule has 8 heteroatoms. The van der Waals surface area contributed by atoms with Gasteiger partial charge in [-0.05, 0) is 42.0 Å². The maximum absolute atomic E-state index is 13.6. The van der Waals surface area contributed by atoms with Crippen molar-refractivity contribution in [3.05, 3.63) is 65.2 Å². The number of halogens is 3. The average Bonchev–Trinajstić information content (AvgIpc) is 2.71. The third kappa shape index (κ3) is 5.29. The molecule has 2 aromatic carbocycles. The quantitative estimate of drug-likeness (QED) is 0.594. The Morgan fingerprint density at radius 2 is 1.87 bits per heavy atom. The van der Waals surface area contributed by atoms with Crippen LogP contribution < -0.4 is 5.32 Å². The van der Waals surface area contributed by atoms with Gasteiger partial charge in [-0.15, -0.1) is 11.8 Å². The molecule has 1 saturated heterocycles. The molecule has 2 amide bonds. The number of nitrogens with one attached hydrogen (secondary N) is 1. The molecule has 0 bridgehead atoms. The molecule has 2 aromatic rings. The number of urea groups is 1.